The maximum Gasteiger partial charge on any atom is 0.193 e. The van der Waals surface area contributed by atoms with Crippen LogP contribution >= 0.6 is 11.3 Å². The molecule has 0 saturated carbocycles. The number of piperidine rings is 1. The molecule has 1 atom stereocenters. The minimum atomic E-state index is 0.319. The number of rotatable bonds is 5. The third-order valence-electron chi connectivity index (χ3n) is 4.56. The number of aromatic nitrogens is 1. The Kier molecular flexibility index (Phi) is 6.45. The third-order valence-corrected chi connectivity index (χ3v) is 5.47. The molecule has 0 spiro atoms. The number of thiazole rings is 1. The van der Waals surface area contributed by atoms with Crippen molar-refractivity contribution in [2.24, 2.45) is 4.99 Å². The molecule has 7 heteroatoms. The fourth-order valence-electron chi connectivity index (χ4n) is 3.22. The van der Waals surface area contributed by atoms with Crippen molar-refractivity contribution in [3.05, 3.63) is 16.1 Å². The number of aryl methyl sites for hydroxylation is 1. The molecule has 134 valence electrons. The summed E-state index contributed by atoms with van der Waals surface area (Å²) in [6, 6.07) is 0. The lowest BCUT2D eigenvalue weighted by Crippen LogP contribution is -2.47. The fraction of sp³-hybridized carbons (Fsp3) is 0.765. The maximum atomic E-state index is 6.04. The molecule has 1 aromatic rings. The van der Waals surface area contributed by atoms with Crippen molar-refractivity contribution in [1.82, 2.24) is 15.2 Å². The Bertz CT molecular complexity index is 534. The Morgan fingerprint density at radius 3 is 2.92 bits per heavy atom. The molecule has 0 aliphatic carbocycles. The number of ether oxygens (including phenoxy) is 2. The zero-order chi connectivity index (χ0) is 16.8. The lowest BCUT2D eigenvalue weighted by molar-refractivity contribution is -0.0367. The molecule has 2 fully saturated rings. The Morgan fingerprint density at radius 2 is 2.29 bits per heavy atom. The van der Waals surface area contributed by atoms with Gasteiger partial charge >= 0.3 is 0 Å². The van der Waals surface area contributed by atoms with Crippen LogP contribution in [0.15, 0.2) is 11.2 Å². The van der Waals surface area contributed by atoms with Gasteiger partial charge in [0.15, 0.2) is 5.96 Å². The standard InChI is InChI=1S/C17H28N4O2S/c1-13-10-19-16(24-13)11-20-17(18-2)21-7-5-14(6-8-21)23-12-15-4-3-9-22-15/h10,14-15H,3-9,11-12H2,1-2H3,(H,18,20). The summed E-state index contributed by atoms with van der Waals surface area (Å²) < 4.78 is 11.7. The van der Waals surface area contributed by atoms with Gasteiger partial charge in [0.1, 0.15) is 5.01 Å². The molecule has 0 bridgehead atoms. The summed E-state index contributed by atoms with van der Waals surface area (Å²) in [6.07, 6.45) is 7.00. The molecule has 24 heavy (non-hydrogen) atoms. The number of aliphatic imine (C=N–C) groups is 1. The van der Waals surface area contributed by atoms with Crippen LogP contribution in [0.3, 0.4) is 0 Å². The van der Waals surface area contributed by atoms with Crippen molar-refractivity contribution < 1.29 is 9.47 Å². The predicted molar refractivity (Wildman–Crippen MR) is 96.6 cm³/mol. The highest BCUT2D eigenvalue weighted by atomic mass is 32.1. The van der Waals surface area contributed by atoms with Crippen LogP contribution in [-0.2, 0) is 16.0 Å². The van der Waals surface area contributed by atoms with E-state index >= 15 is 0 Å². The van der Waals surface area contributed by atoms with Gasteiger partial charge in [0.05, 0.1) is 25.4 Å². The van der Waals surface area contributed by atoms with Crippen molar-refractivity contribution in [2.75, 3.05) is 33.4 Å². The molecule has 3 rings (SSSR count). The minimum absolute atomic E-state index is 0.319. The van der Waals surface area contributed by atoms with Crippen molar-refractivity contribution in [3.63, 3.8) is 0 Å². The first-order valence-corrected chi connectivity index (χ1v) is 9.66. The van der Waals surface area contributed by atoms with Crippen LogP contribution in [0.4, 0.5) is 0 Å². The molecule has 6 nitrogen and oxygen atoms in total. The molecular weight excluding hydrogens is 324 g/mol. The van der Waals surface area contributed by atoms with Gasteiger partial charge in [-0.2, -0.15) is 0 Å². The number of hydrogen-bond donors (Lipinski definition) is 1. The maximum absolute atomic E-state index is 6.04. The van der Waals surface area contributed by atoms with Crippen LogP contribution < -0.4 is 5.32 Å². The van der Waals surface area contributed by atoms with Crippen molar-refractivity contribution in [3.8, 4) is 0 Å². The predicted octanol–water partition coefficient (Wildman–Crippen LogP) is 2.19. The minimum Gasteiger partial charge on any atom is -0.376 e. The quantitative estimate of drug-likeness (QED) is 0.650. The Morgan fingerprint density at radius 1 is 1.46 bits per heavy atom. The van der Waals surface area contributed by atoms with E-state index in [-0.39, 0.29) is 0 Å². The summed E-state index contributed by atoms with van der Waals surface area (Å²) in [5, 5.41) is 4.52. The zero-order valence-electron chi connectivity index (χ0n) is 14.7. The number of nitrogens with one attached hydrogen (secondary N) is 1. The van der Waals surface area contributed by atoms with Gasteiger partial charge in [0.25, 0.3) is 0 Å². The van der Waals surface area contributed by atoms with E-state index in [2.05, 4.69) is 27.1 Å². The molecule has 3 heterocycles. The smallest absolute Gasteiger partial charge is 0.193 e. The number of nitrogens with zero attached hydrogens (tertiary/aromatic N) is 3. The van der Waals surface area contributed by atoms with Gasteiger partial charge in [0.2, 0.25) is 0 Å². The van der Waals surface area contributed by atoms with Crippen LogP contribution in [0.2, 0.25) is 0 Å². The summed E-state index contributed by atoms with van der Waals surface area (Å²) >= 11 is 1.73. The van der Waals surface area contributed by atoms with E-state index in [1.807, 2.05) is 13.2 Å². The number of guanidine groups is 1. The second-order valence-corrected chi connectivity index (χ2v) is 7.74. The van der Waals surface area contributed by atoms with Crippen LogP contribution in [0.25, 0.3) is 0 Å². The second-order valence-electron chi connectivity index (χ2n) is 6.42. The van der Waals surface area contributed by atoms with Gasteiger partial charge in [-0.15, -0.1) is 11.3 Å². The molecule has 2 aliphatic rings. The summed E-state index contributed by atoms with van der Waals surface area (Å²) in [5.41, 5.74) is 0. The fourth-order valence-corrected chi connectivity index (χ4v) is 3.95. The van der Waals surface area contributed by atoms with E-state index in [4.69, 9.17) is 9.47 Å². The lowest BCUT2D eigenvalue weighted by atomic mass is 10.1. The SMILES string of the molecule is CN=C(NCc1ncc(C)s1)N1CCC(OCC2CCCO2)CC1. The van der Waals surface area contributed by atoms with Crippen LogP contribution in [0.5, 0.6) is 0 Å². The summed E-state index contributed by atoms with van der Waals surface area (Å²) in [5.74, 6) is 0.959. The van der Waals surface area contributed by atoms with Gasteiger partial charge in [-0.25, -0.2) is 4.98 Å². The van der Waals surface area contributed by atoms with E-state index < -0.39 is 0 Å². The Hall–Kier alpha value is -1.18. The van der Waals surface area contributed by atoms with Crippen molar-refractivity contribution >= 4 is 17.3 Å². The molecule has 0 radical (unpaired) electrons. The largest absolute Gasteiger partial charge is 0.376 e. The summed E-state index contributed by atoms with van der Waals surface area (Å²) in [4.78, 5) is 12.4. The summed E-state index contributed by atoms with van der Waals surface area (Å²) in [6.45, 7) is 6.42. The van der Waals surface area contributed by atoms with Crippen molar-refractivity contribution in [2.45, 2.75) is 51.4 Å². The lowest BCUT2D eigenvalue weighted by Gasteiger charge is -2.34. The Labute approximate surface area is 148 Å². The summed E-state index contributed by atoms with van der Waals surface area (Å²) in [7, 11) is 1.84. The number of likely N-dealkylation sites (tertiary alicyclic amines) is 1. The first kappa shape index (κ1) is 17.6. The highest BCUT2D eigenvalue weighted by Gasteiger charge is 2.24. The average molecular weight is 353 g/mol. The van der Waals surface area contributed by atoms with E-state index in [0.717, 1.165) is 63.1 Å². The molecule has 0 amide bonds. The molecule has 2 saturated heterocycles. The Balaban J connectivity index is 1.39. The second kappa shape index (κ2) is 8.78. The van der Waals surface area contributed by atoms with Crippen LogP contribution in [0, 0.1) is 6.92 Å². The highest BCUT2D eigenvalue weighted by Crippen LogP contribution is 2.18. The first-order valence-electron chi connectivity index (χ1n) is 8.84. The van der Waals surface area contributed by atoms with Gasteiger partial charge < -0.3 is 19.7 Å². The van der Waals surface area contributed by atoms with E-state index in [0.29, 0.717) is 12.2 Å². The number of hydrogen-bond acceptors (Lipinski definition) is 5. The third kappa shape index (κ3) is 4.91. The van der Waals surface area contributed by atoms with Gasteiger partial charge in [-0.1, -0.05) is 0 Å². The van der Waals surface area contributed by atoms with Crippen molar-refractivity contribution in [1.29, 1.82) is 0 Å². The molecule has 2 aliphatic heterocycles. The normalized spacial score (nSPS) is 23.0. The average Bonchev–Trinajstić information content (AvgIpc) is 3.26. The van der Waals surface area contributed by atoms with Gasteiger partial charge in [-0.3, -0.25) is 4.99 Å². The van der Waals surface area contributed by atoms with Gasteiger partial charge in [0, 0.05) is 37.8 Å². The highest BCUT2D eigenvalue weighted by molar-refractivity contribution is 7.11. The first-order chi connectivity index (χ1) is 11.7. The van der Waals surface area contributed by atoms with E-state index in [1.165, 1.54) is 11.3 Å². The van der Waals surface area contributed by atoms with E-state index in [9.17, 15) is 0 Å². The molecule has 1 N–H and O–H groups in total. The molecule has 1 aromatic heterocycles. The zero-order valence-corrected chi connectivity index (χ0v) is 15.5. The van der Waals surface area contributed by atoms with E-state index in [1.54, 1.807) is 11.3 Å². The molecule has 0 aromatic carbocycles. The topological polar surface area (TPSA) is 59.0 Å². The molecule has 1 unspecified atom stereocenters. The monoisotopic (exact) mass is 352 g/mol. The van der Waals surface area contributed by atoms with Gasteiger partial charge in [-0.05, 0) is 32.6 Å². The van der Waals surface area contributed by atoms with Crippen LogP contribution in [0.1, 0.15) is 35.6 Å². The van der Waals surface area contributed by atoms with Crippen LogP contribution in [-0.4, -0.2) is 61.4 Å². The molecular formula is C17H28N4O2S.